The van der Waals surface area contributed by atoms with Gasteiger partial charge in [0, 0.05) is 5.69 Å². The summed E-state index contributed by atoms with van der Waals surface area (Å²) in [6, 6.07) is 8.34. The minimum absolute atomic E-state index is 0.189. The van der Waals surface area contributed by atoms with Gasteiger partial charge in [0.2, 0.25) is 0 Å². The summed E-state index contributed by atoms with van der Waals surface area (Å²) in [5.41, 5.74) is 2.61. The van der Waals surface area contributed by atoms with Gasteiger partial charge in [-0.25, -0.2) is 4.79 Å². The molecular formula is C21H26N2O4S. The summed E-state index contributed by atoms with van der Waals surface area (Å²) in [6.07, 6.45) is -0.993. The van der Waals surface area contributed by atoms with Crippen molar-refractivity contribution < 1.29 is 19.1 Å². The summed E-state index contributed by atoms with van der Waals surface area (Å²) in [7, 11) is 0. The van der Waals surface area contributed by atoms with E-state index in [1.54, 1.807) is 17.5 Å². The molecular weight excluding hydrogens is 376 g/mol. The van der Waals surface area contributed by atoms with Crippen LogP contribution in [0.5, 0.6) is 0 Å². The maximum Gasteiger partial charge on any atom is 0.329 e. The third kappa shape index (κ3) is 5.66. The normalized spacial score (nSPS) is 12.9. The van der Waals surface area contributed by atoms with Gasteiger partial charge in [0.15, 0.2) is 6.10 Å². The van der Waals surface area contributed by atoms with E-state index in [9.17, 15) is 14.4 Å². The van der Waals surface area contributed by atoms with E-state index >= 15 is 0 Å². The quantitative estimate of drug-likeness (QED) is 0.692. The van der Waals surface area contributed by atoms with E-state index in [0.29, 0.717) is 10.6 Å². The van der Waals surface area contributed by atoms with E-state index in [-0.39, 0.29) is 11.8 Å². The van der Waals surface area contributed by atoms with Crippen LogP contribution in [0.25, 0.3) is 0 Å². The molecule has 0 spiro atoms. The first-order valence-corrected chi connectivity index (χ1v) is 10.00. The zero-order valence-corrected chi connectivity index (χ0v) is 17.6. The van der Waals surface area contributed by atoms with E-state index in [2.05, 4.69) is 10.6 Å². The lowest BCUT2D eigenvalue weighted by Crippen LogP contribution is -2.47. The highest BCUT2D eigenvalue weighted by atomic mass is 32.1. The number of amides is 2. The van der Waals surface area contributed by atoms with Crippen LogP contribution in [0.15, 0.2) is 35.7 Å². The number of nitrogens with one attached hydrogen (secondary N) is 2. The van der Waals surface area contributed by atoms with Crippen molar-refractivity contribution in [3.05, 3.63) is 51.7 Å². The average Bonchev–Trinajstić information content (AvgIpc) is 3.16. The van der Waals surface area contributed by atoms with Gasteiger partial charge in [-0.15, -0.1) is 11.3 Å². The lowest BCUT2D eigenvalue weighted by Gasteiger charge is -2.23. The molecule has 0 unspecified atom stereocenters. The van der Waals surface area contributed by atoms with Crippen molar-refractivity contribution in [2.75, 3.05) is 5.32 Å². The summed E-state index contributed by atoms with van der Waals surface area (Å²) in [5.74, 6) is -1.58. The molecule has 1 aromatic heterocycles. The van der Waals surface area contributed by atoms with E-state index in [4.69, 9.17) is 4.74 Å². The second-order valence-electron chi connectivity index (χ2n) is 7.06. The van der Waals surface area contributed by atoms with Crippen LogP contribution >= 0.6 is 11.3 Å². The molecule has 28 heavy (non-hydrogen) atoms. The van der Waals surface area contributed by atoms with Crippen molar-refractivity contribution in [2.24, 2.45) is 5.92 Å². The van der Waals surface area contributed by atoms with Crippen LogP contribution in [0.4, 0.5) is 5.69 Å². The van der Waals surface area contributed by atoms with Crippen LogP contribution in [0.3, 0.4) is 0 Å². The van der Waals surface area contributed by atoms with Gasteiger partial charge in [0.1, 0.15) is 6.04 Å². The predicted octanol–water partition coefficient (Wildman–Crippen LogP) is 3.69. The Labute approximate surface area is 169 Å². The maximum atomic E-state index is 12.6. The van der Waals surface area contributed by atoms with E-state index in [1.807, 2.05) is 45.9 Å². The first-order chi connectivity index (χ1) is 13.2. The van der Waals surface area contributed by atoms with Gasteiger partial charge in [-0.05, 0) is 55.3 Å². The van der Waals surface area contributed by atoms with Gasteiger partial charge in [-0.3, -0.25) is 9.59 Å². The number of esters is 1. The minimum atomic E-state index is -0.993. The average molecular weight is 403 g/mol. The molecule has 150 valence electrons. The Hall–Kier alpha value is -2.67. The summed E-state index contributed by atoms with van der Waals surface area (Å²) in [5, 5.41) is 7.27. The van der Waals surface area contributed by atoms with Gasteiger partial charge in [0.05, 0.1) is 4.88 Å². The number of benzene rings is 1. The van der Waals surface area contributed by atoms with E-state index < -0.39 is 24.0 Å². The summed E-state index contributed by atoms with van der Waals surface area (Å²) >= 11 is 1.29. The largest absolute Gasteiger partial charge is 0.451 e. The molecule has 2 amide bonds. The Bertz CT molecular complexity index is 846. The lowest BCUT2D eigenvalue weighted by atomic mass is 10.0. The number of hydrogen-bond acceptors (Lipinski definition) is 5. The number of anilines is 1. The smallest absolute Gasteiger partial charge is 0.329 e. The molecule has 0 aliphatic rings. The first-order valence-electron chi connectivity index (χ1n) is 9.12. The molecule has 7 heteroatoms. The third-order valence-corrected chi connectivity index (χ3v) is 5.13. The molecule has 0 bridgehead atoms. The zero-order chi connectivity index (χ0) is 20.8. The number of carbonyl (C=O) groups is 3. The highest BCUT2D eigenvalue weighted by Gasteiger charge is 2.29. The topological polar surface area (TPSA) is 84.5 Å². The summed E-state index contributed by atoms with van der Waals surface area (Å²) in [6.45, 7) is 8.95. The van der Waals surface area contributed by atoms with Crippen LogP contribution in [0, 0.1) is 19.8 Å². The molecule has 2 aromatic rings. The molecule has 6 nitrogen and oxygen atoms in total. The molecule has 1 aromatic carbocycles. The van der Waals surface area contributed by atoms with Crippen LogP contribution in [0.2, 0.25) is 0 Å². The SMILES string of the molecule is Cc1ccc(C)c(NC(=O)[C@H](C)OC(=O)[C@H](NC(=O)c2cccs2)C(C)C)c1. The Morgan fingerprint density at radius 2 is 1.79 bits per heavy atom. The van der Waals surface area contributed by atoms with Crippen molar-refractivity contribution >= 4 is 34.8 Å². The van der Waals surface area contributed by atoms with E-state index in [1.165, 1.54) is 18.3 Å². The molecule has 2 N–H and O–H groups in total. The van der Waals surface area contributed by atoms with Crippen molar-refractivity contribution in [3.8, 4) is 0 Å². The second kappa shape index (κ2) is 9.50. The minimum Gasteiger partial charge on any atom is -0.451 e. The molecule has 0 aliphatic heterocycles. The highest BCUT2D eigenvalue weighted by molar-refractivity contribution is 7.12. The Morgan fingerprint density at radius 1 is 1.07 bits per heavy atom. The summed E-state index contributed by atoms with van der Waals surface area (Å²) < 4.78 is 5.33. The van der Waals surface area contributed by atoms with Crippen LogP contribution in [0.1, 0.15) is 41.6 Å². The standard InChI is InChI=1S/C21H26N2O4S/c1-12(2)18(23-20(25)17-7-6-10-28-17)21(26)27-15(5)19(24)22-16-11-13(3)8-9-14(16)4/h6-12,15,18H,1-5H3,(H,22,24)(H,23,25)/t15-,18+/m0/s1. The van der Waals surface area contributed by atoms with Crippen molar-refractivity contribution in [1.29, 1.82) is 0 Å². The summed E-state index contributed by atoms with van der Waals surface area (Å²) in [4.78, 5) is 37.8. The Morgan fingerprint density at radius 3 is 2.39 bits per heavy atom. The fraction of sp³-hybridized carbons (Fsp3) is 0.381. The number of carbonyl (C=O) groups excluding carboxylic acids is 3. The molecule has 2 atom stereocenters. The Balaban J connectivity index is 2.00. The van der Waals surface area contributed by atoms with Crippen LogP contribution in [-0.4, -0.2) is 29.9 Å². The zero-order valence-electron chi connectivity index (χ0n) is 16.7. The van der Waals surface area contributed by atoms with Gasteiger partial charge in [-0.2, -0.15) is 0 Å². The lowest BCUT2D eigenvalue weighted by molar-refractivity contribution is -0.156. The maximum absolute atomic E-state index is 12.6. The molecule has 0 aliphatic carbocycles. The first kappa shape index (κ1) is 21.6. The second-order valence-corrected chi connectivity index (χ2v) is 8.01. The molecule has 0 fully saturated rings. The number of hydrogen-bond donors (Lipinski definition) is 2. The molecule has 2 rings (SSSR count). The fourth-order valence-corrected chi connectivity index (χ4v) is 3.15. The predicted molar refractivity (Wildman–Crippen MR) is 111 cm³/mol. The molecule has 0 saturated carbocycles. The number of aryl methyl sites for hydroxylation is 2. The van der Waals surface area contributed by atoms with Gasteiger partial charge in [0.25, 0.3) is 11.8 Å². The molecule has 0 saturated heterocycles. The highest BCUT2D eigenvalue weighted by Crippen LogP contribution is 2.17. The van der Waals surface area contributed by atoms with Gasteiger partial charge in [-0.1, -0.05) is 32.0 Å². The number of ether oxygens (including phenoxy) is 1. The van der Waals surface area contributed by atoms with Gasteiger partial charge < -0.3 is 15.4 Å². The Kier molecular flexibility index (Phi) is 7.34. The molecule has 1 heterocycles. The van der Waals surface area contributed by atoms with Crippen molar-refractivity contribution in [1.82, 2.24) is 5.32 Å². The number of rotatable bonds is 7. The fourth-order valence-electron chi connectivity index (χ4n) is 2.52. The monoisotopic (exact) mass is 402 g/mol. The van der Waals surface area contributed by atoms with Crippen LogP contribution < -0.4 is 10.6 Å². The van der Waals surface area contributed by atoms with E-state index in [0.717, 1.165) is 11.1 Å². The molecule has 0 radical (unpaired) electrons. The van der Waals surface area contributed by atoms with Crippen molar-refractivity contribution in [3.63, 3.8) is 0 Å². The third-order valence-electron chi connectivity index (χ3n) is 4.27. The number of thiophene rings is 1. The van der Waals surface area contributed by atoms with Crippen LogP contribution in [-0.2, 0) is 14.3 Å². The van der Waals surface area contributed by atoms with Gasteiger partial charge >= 0.3 is 5.97 Å². The van der Waals surface area contributed by atoms with Crippen molar-refractivity contribution in [2.45, 2.75) is 46.8 Å².